The summed E-state index contributed by atoms with van der Waals surface area (Å²) in [6, 6.07) is 8.90. The maximum absolute atomic E-state index is 5.86. The van der Waals surface area contributed by atoms with Crippen molar-refractivity contribution in [2.75, 3.05) is 19.8 Å². The number of hydrogen-bond donors (Lipinski definition) is 0. The molecule has 0 bridgehead atoms. The Morgan fingerprint density at radius 2 is 1.50 bits per heavy atom. The Hall–Kier alpha value is -1.14. The van der Waals surface area contributed by atoms with Crippen LogP contribution in [-0.2, 0) is 19.7 Å². The smallest absolute Gasteiger partial charge is 0.466 e. The molecule has 0 saturated carbocycles. The molecule has 124 valence electrons. The van der Waals surface area contributed by atoms with Gasteiger partial charge in [0.1, 0.15) is 5.75 Å². The van der Waals surface area contributed by atoms with E-state index in [4.69, 9.17) is 18.0 Å². The van der Waals surface area contributed by atoms with Gasteiger partial charge in [0, 0.05) is 25.9 Å². The average molecular weight is 324 g/mol. The van der Waals surface area contributed by atoms with Crippen LogP contribution in [-0.4, -0.2) is 28.6 Å². The molecule has 0 aliphatic heterocycles. The van der Waals surface area contributed by atoms with Crippen LogP contribution in [0.1, 0.15) is 32.8 Å². The fourth-order valence-corrected chi connectivity index (χ4v) is 4.95. The third kappa shape index (κ3) is 6.32. The predicted molar refractivity (Wildman–Crippen MR) is 91.0 cm³/mol. The third-order valence-electron chi connectivity index (χ3n) is 3.18. The van der Waals surface area contributed by atoms with Crippen LogP contribution in [0.3, 0.4) is 0 Å². The van der Waals surface area contributed by atoms with Crippen LogP contribution in [0.4, 0.5) is 0 Å². The third-order valence-corrected chi connectivity index (χ3v) is 6.34. The second-order valence-electron chi connectivity index (χ2n) is 4.76. The molecule has 0 aliphatic carbocycles. The number of rotatable bonds is 12. The fourth-order valence-electron chi connectivity index (χ4n) is 2.34. The van der Waals surface area contributed by atoms with Crippen molar-refractivity contribution in [3.05, 3.63) is 42.7 Å². The molecular formula is C17H28O4Si. The summed E-state index contributed by atoms with van der Waals surface area (Å²) >= 11 is 0. The van der Waals surface area contributed by atoms with Gasteiger partial charge in [0.15, 0.2) is 0 Å². The minimum atomic E-state index is -2.51. The Bertz CT molecular complexity index is 402. The Labute approximate surface area is 135 Å². The molecule has 0 amide bonds. The van der Waals surface area contributed by atoms with Crippen molar-refractivity contribution in [1.29, 1.82) is 0 Å². The van der Waals surface area contributed by atoms with E-state index in [1.165, 1.54) is 11.8 Å². The van der Waals surface area contributed by atoms with Gasteiger partial charge in [0.2, 0.25) is 0 Å². The van der Waals surface area contributed by atoms with Gasteiger partial charge in [-0.3, -0.25) is 0 Å². The van der Waals surface area contributed by atoms with E-state index in [0.29, 0.717) is 19.8 Å². The van der Waals surface area contributed by atoms with Crippen molar-refractivity contribution in [2.24, 2.45) is 0 Å². The molecule has 0 aliphatic rings. The first-order valence-electron chi connectivity index (χ1n) is 7.98. The molecule has 22 heavy (non-hydrogen) atoms. The van der Waals surface area contributed by atoms with Crippen LogP contribution in [0.15, 0.2) is 37.1 Å². The summed E-state index contributed by atoms with van der Waals surface area (Å²) in [4.78, 5) is 0. The summed E-state index contributed by atoms with van der Waals surface area (Å²) in [6.07, 6.45) is 3.38. The second kappa shape index (κ2) is 10.6. The van der Waals surface area contributed by atoms with Crippen molar-refractivity contribution in [3.63, 3.8) is 0 Å². The zero-order chi connectivity index (χ0) is 16.3. The van der Waals surface area contributed by atoms with E-state index < -0.39 is 8.80 Å². The summed E-state index contributed by atoms with van der Waals surface area (Å²) in [7, 11) is -2.51. The molecule has 1 aromatic carbocycles. The van der Waals surface area contributed by atoms with E-state index in [9.17, 15) is 0 Å². The highest BCUT2D eigenvalue weighted by Crippen LogP contribution is 2.21. The van der Waals surface area contributed by atoms with E-state index in [1.807, 2.05) is 32.9 Å². The summed E-state index contributed by atoms with van der Waals surface area (Å²) in [5.41, 5.74) is 1.27. The molecule has 0 fully saturated rings. The molecule has 0 N–H and O–H groups in total. The Morgan fingerprint density at radius 1 is 0.955 bits per heavy atom. The lowest BCUT2D eigenvalue weighted by molar-refractivity contribution is 0.0708. The highest BCUT2D eigenvalue weighted by molar-refractivity contribution is 6.60. The molecule has 0 heterocycles. The first-order chi connectivity index (χ1) is 10.7. The summed E-state index contributed by atoms with van der Waals surface area (Å²) < 4.78 is 22.8. The van der Waals surface area contributed by atoms with Crippen molar-refractivity contribution >= 4 is 8.80 Å². The minimum absolute atomic E-state index is 0.625. The zero-order valence-corrected chi connectivity index (χ0v) is 15.0. The van der Waals surface area contributed by atoms with Gasteiger partial charge in [-0.15, -0.1) is 0 Å². The Morgan fingerprint density at radius 3 is 1.95 bits per heavy atom. The number of ether oxygens (including phenoxy) is 1. The largest absolute Gasteiger partial charge is 0.500 e. The molecule has 0 saturated heterocycles. The van der Waals surface area contributed by atoms with Crippen molar-refractivity contribution in [3.8, 4) is 5.75 Å². The van der Waals surface area contributed by atoms with E-state index in [1.54, 1.807) is 0 Å². The molecule has 0 aromatic heterocycles. The van der Waals surface area contributed by atoms with Crippen LogP contribution in [0.5, 0.6) is 5.75 Å². The fraction of sp³-hybridized carbons (Fsp3) is 0.529. The molecule has 0 spiro atoms. The van der Waals surface area contributed by atoms with Gasteiger partial charge in [-0.2, -0.15) is 0 Å². The molecule has 0 unspecified atom stereocenters. The number of benzene rings is 1. The lowest BCUT2D eigenvalue weighted by Gasteiger charge is -2.28. The van der Waals surface area contributed by atoms with Crippen LogP contribution in [0, 0.1) is 0 Å². The van der Waals surface area contributed by atoms with Crippen molar-refractivity contribution in [2.45, 2.75) is 39.7 Å². The van der Waals surface area contributed by atoms with E-state index in [0.717, 1.165) is 24.6 Å². The van der Waals surface area contributed by atoms with E-state index >= 15 is 0 Å². The van der Waals surface area contributed by atoms with Crippen molar-refractivity contribution < 1.29 is 18.0 Å². The standard InChI is InChI=1S/C17H28O4Si/c1-5-18-17-13-11-16(12-14-17)10-9-15-22(19-6-2,20-7-3)21-8-4/h5,11-14H,1,6-10,15H2,2-4H3. The summed E-state index contributed by atoms with van der Waals surface area (Å²) in [5.74, 6) is 0.806. The maximum atomic E-state index is 5.86. The van der Waals surface area contributed by atoms with Gasteiger partial charge in [0.05, 0.1) is 6.26 Å². The first kappa shape index (κ1) is 18.9. The monoisotopic (exact) mass is 324 g/mol. The van der Waals surface area contributed by atoms with E-state index in [2.05, 4.69) is 18.7 Å². The van der Waals surface area contributed by atoms with Crippen LogP contribution < -0.4 is 4.74 Å². The molecule has 1 rings (SSSR count). The highest BCUT2D eigenvalue weighted by Gasteiger charge is 2.39. The normalized spacial score (nSPS) is 11.4. The SMILES string of the molecule is C=COc1ccc(CCC[Si](OCC)(OCC)OCC)cc1. The molecule has 0 atom stereocenters. The Kier molecular flexibility index (Phi) is 9.08. The maximum Gasteiger partial charge on any atom is 0.500 e. The van der Waals surface area contributed by atoms with E-state index in [-0.39, 0.29) is 0 Å². The lowest BCUT2D eigenvalue weighted by atomic mass is 10.1. The summed E-state index contributed by atoms with van der Waals surface area (Å²) in [6.45, 7) is 11.4. The number of aryl methyl sites for hydroxylation is 1. The second-order valence-corrected chi connectivity index (χ2v) is 7.50. The van der Waals surface area contributed by atoms with Crippen LogP contribution in [0.2, 0.25) is 6.04 Å². The highest BCUT2D eigenvalue weighted by atomic mass is 28.4. The van der Waals surface area contributed by atoms with Crippen LogP contribution >= 0.6 is 0 Å². The molecular weight excluding hydrogens is 296 g/mol. The molecule has 1 aromatic rings. The average Bonchev–Trinajstić information content (AvgIpc) is 2.50. The zero-order valence-electron chi connectivity index (χ0n) is 14.0. The first-order valence-corrected chi connectivity index (χ1v) is 9.91. The number of hydrogen-bond acceptors (Lipinski definition) is 4. The predicted octanol–water partition coefficient (Wildman–Crippen LogP) is 4.19. The van der Waals surface area contributed by atoms with Gasteiger partial charge in [-0.05, 0) is 51.3 Å². The molecule has 4 nitrogen and oxygen atoms in total. The molecule has 5 heteroatoms. The van der Waals surface area contributed by atoms with Gasteiger partial charge in [-0.1, -0.05) is 18.7 Å². The lowest BCUT2D eigenvalue weighted by Crippen LogP contribution is -2.46. The van der Waals surface area contributed by atoms with Crippen molar-refractivity contribution in [1.82, 2.24) is 0 Å². The van der Waals surface area contributed by atoms with Crippen LogP contribution in [0.25, 0.3) is 0 Å². The van der Waals surface area contributed by atoms with Gasteiger partial charge in [-0.25, -0.2) is 0 Å². The van der Waals surface area contributed by atoms with Gasteiger partial charge < -0.3 is 18.0 Å². The molecule has 0 radical (unpaired) electrons. The van der Waals surface area contributed by atoms with Gasteiger partial charge in [0.25, 0.3) is 0 Å². The Balaban J connectivity index is 2.55. The topological polar surface area (TPSA) is 36.9 Å². The van der Waals surface area contributed by atoms with Gasteiger partial charge >= 0.3 is 8.80 Å². The quantitative estimate of drug-likeness (QED) is 0.427. The minimum Gasteiger partial charge on any atom is -0.466 e. The summed E-state index contributed by atoms with van der Waals surface area (Å²) in [5, 5.41) is 0.